The van der Waals surface area contributed by atoms with Crippen molar-refractivity contribution >= 4 is 59.7 Å². The zero-order valence-corrected chi connectivity index (χ0v) is 32.9. The molecule has 1 aromatic heterocycles. The molecule has 0 fully saturated rings. The molecule has 2 aliphatic rings. The second-order valence-corrected chi connectivity index (χ2v) is 16.1. The van der Waals surface area contributed by atoms with E-state index in [9.17, 15) is 40.6 Å². The van der Waals surface area contributed by atoms with Gasteiger partial charge in [0.1, 0.15) is 6.61 Å². The number of hydrogen-bond acceptors (Lipinski definition) is 12. The Labute approximate surface area is 333 Å². The lowest BCUT2D eigenvalue weighted by molar-refractivity contribution is 0.0408. The van der Waals surface area contributed by atoms with Gasteiger partial charge in [-0.15, -0.1) is 0 Å². The first kappa shape index (κ1) is 41.9. The van der Waals surface area contributed by atoms with Gasteiger partial charge in [0.25, 0.3) is 26.1 Å². The number of rotatable bonds is 18. The van der Waals surface area contributed by atoms with Crippen LogP contribution >= 0.6 is 0 Å². The first-order valence-electron chi connectivity index (χ1n) is 18.2. The monoisotopic (exact) mass is 834 g/mol. The number of para-hydroxylation sites is 1. The van der Waals surface area contributed by atoms with E-state index in [0.717, 1.165) is 73.7 Å². The van der Waals surface area contributed by atoms with Crippen LogP contribution in [0, 0.1) is 5.41 Å². The summed E-state index contributed by atoms with van der Waals surface area (Å²) in [6.07, 6.45) is 3.28. The number of benzene rings is 4. The first-order valence-corrected chi connectivity index (χ1v) is 21.0. The molecule has 9 N–H and O–H groups in total. The van der Waals surface area contributed by atoms with Gasteiger partial charge in [-0.2, -0.15) is 16.8 Å². The molecule has 306 valence electrons. The summed E-state index contributed by atoms with van der Waals surface area (Å²) in [6.45, 7) is 3.23. The number of nitrogens with one attached hydrogen (secondary N) is 4. The van der Waals surface area contributed by atoms with Gasteiger partial charge >= 0.3 is 5.97 Å². The Morgan fingerprint density at radius 3 is 2.29 bits per heavy atom. The Morgan fingerprint density at radius 2 is 1.57 bits per heavy atom. The Bertz CT molecular complexity index is 2780. The van der Waals surface area contributed by atoms with Crippen LogP contribution in [0.2, 0.25) is 0 Å². The van der Waals surface area contributed by atoms with E-state index in [0.29, 0.717) is 19.6 Å². The minimum Gasteiger partial charge on any atom is -0.478 e. The van der Waals surface area contributed by atoms with E-state index < -0.39 is 69.9 Å². The van der Waals surface area contributed by atoms with Crippen molar-refractivity contribution in [2.24, 2.45) is 0 Å². The molecule has 2 heterocycles. The minimum absolute atomic E-state index is 0.00290. The number of carboxylic acid groups (broad SMARTS) is 1. The van der Waals surface area contributed by atoms with Gasteiger partial charge in [-0.1, -0.05) is 30.7 Å². The van der Waals surface area contributed by atoms with Gasteiger partial charge in [0.2, 0.25) is 0 Å². The molecule has 0 saturated carbocycles. The highest BCUT2D eigenvalue weighted by molar-refractivity contribution is 7.86. The molecule has 19 heteroatoms. The van der Waals surface area contributed by atoms with Gasteiger partial charge in [0.15, 0.2) is 21.1 Å². The van der Waals surface area contributed by atoms with Crippen molar-refractivity contribution in [1.29, 1.82) is 5.41 Å². The Balaban J connectivity index is 1.13. The van der Waals surface area contributed by atoms with Gasteiger partial charge in [-0.3, -0.25) is 24.1 Å². The molecule has 58 heavy (non-hydrogen) atoms. The molecule has 4 aromatic rings. The van der Waals surface area contributed by atoms with Crippen LogP contribution in [0.25, 0.3) is 44.3 Å². The zero-order chi connectivity index (χ0) is 41.8. The summed E-state index contributed by atoms with van der Waals surface area (Å²) in [7, 11) is -8.57. The largest absolute Gasteiger partial charge is 0.478 e. The second-order valence-electron chi connectivity index (χ2n) is 13.4. The quantitative estimate of drug-likeness (QED) is 0.0193. The van der Waals surface area contributed by atoms with Crippen molar-refractivity contribution in [1.82, 2.24) is 20.7 Å². The zero-order valence-electron chi connectivity index (χ0n) is 31.2. The van der Waals surface area contributed by atoms with E-state index >= 15 is 0 Å². The number of hydrogen-bond donors (Lipinski definition) is 8. The van der Waals surface area contributed by atoms with Gasteiger partial charge < -0.3 is 30.5 Å². The average molecular weight is 835 g/mol. The van der Waals surface area contributed by atoms with Crippen LogP contribution in [0.3, 0.4) is 0 Å². The number of amides is 1. The fourth-order valence-electron chi connectivity index (χ4n) is 7.02. The maximum atomic E-state index is 13.2. The van der Waals surface area contributed by atoms with Crippen LogP contribution in [0.5, 0.6) is 0 Å². The number of aromatic carboxylic acids is 1. The van der Waals surface area contributed by atoms with E-state index in [1.807, 2.05) is 12.1 Å². The van der Waals surface area contributed by atoms with Gasteiger partial charge in [-0.25, -0.2) is 10.3 Å². The number of carboxylic acids is 1. The first-order chi connectivity index (χ1) is 27.6. The third-order valence-corrected chi connectivity index (χ3v) is 11.5. The molecule has 0 saturated heterocycles. The molecule has 0 unspecified atom stereocenters. The number of nitrogens with zero attached hydrogens (tertiary/aromatic N) is 1. The van der Waals surface area contributed by atoms with Gasteiger partial charge in [0.05, 0.1) is 16.6 Å². The number of nitrogens with two attached hydrogens (primary N) is 1. The maximum Gasteiger partial charge on any atom is 0.336 e. The smallest absolute Gasteiger partial charge is 0.336 e. The Hall–Kier alpha value is -5.67. The molecular weight excluding hydrogens is 793 g/mol. The number of carbonyl (C=O) groups excluding carboxylic acids is 1. The number of unbranched alkanes of at least 4 members (excludes halogenated alkanes) is 2. The standard InChI is InChI=1S/C39H42N6O11S2/c1-42-55-22-25-20-23-8-3-4-9-32(23)45(25)19-7-17-43-16-5-2-6-18-44-38(46)24-10-11-26(29(21-24)39(47)48)33-27-12-14-30(40)36(57(49,50)51)34(27)56-35-28(33)13-15-31(41)37(35)58(52,53)54/h3-4,8-15,20-21,40,42-43H,2,5-7,16-19,22,41H2,1H3,(H,44,46)(H,47,48)(H,49,50,51)(H,52,53,54). The molecule has 6 rings (SSSR count). The summed E-state index contributed by atoms with van der Waals surface area (Å²) in [5.74, 6) is -2.73. The van der Waals surface area contributed by atoms with Crippen molar-refractivity contribution in [3.05, 3.63) is 95.0 Å². The number of aromatic nitrogens is 1. The van der Waals surface area contributed by atoms with Crippen LogP contribution in [-0.4, -0.2) is 74.2 Å². The minimum atomic E-state index is -5.17. The molecule has 17 nitrogen and oxygen atoms in total. The normalized spacial score (nSPS) is 12.1. The van der Waals surface area contributed by atoms with Crippen LogP contribution in [0.4, 0.5) is 5.69 Å². The molecule has 3 aromatic carbocycles. The summed E-state index contributed by atoms with van der Waals surface area (Å²) in [5.41, 5.74) is 8.96. The summed E-state index contributed by atoms with van der Waals surface area (Å²) in [5, 5.41) is 25.1. The summed E-state index contributed by atoms with van der Waals surface area (Å²) in [4.78, 5) is 29.3. The maximum absolute atomic E-state index is 13.2. The lowest BCUT2D eigenvalue weighted by atomic mass is 9.89. The lowest BCUT2D eigenvalue weighted by Gasteiger charge is -2.20. The molecule has 1 amide bonds. The van der Waals surface area contributed by atoms with Crippen molar-refractivity contribution in [2.75, 3.05) is 32.4 Å². The SMILES string of the molecule is CNOCc1cc2ccccc2n1CCCNCCCCCNC(=O)c1ccc(-c2c3ccc(=N)c(S(=O)(=O)O)c-3oc3c(S(=O)(=O)O)c(N)ccc23)c(C(=O)O)c1. The highest BCUT2D eigenvalue weighted by atomic mass is 32.2. The number of anilines is 1. The Morgan fingerprint density at radius 1 is 0.862 bits per heavy atom. The number of aryl methyl sites for hydroxylation is 1. The summed E-state index contributed by atoms with van der Waals surface area (Å²) >= 11 is 0. The van der Waals surface area contributed by atoms with Gasteiger partial charge in [0, 0.05) is 53.4 Å². The number of fused-ring (bicyclic) bond motifs is 3. The third kappa shape index (κ3) is 8.90. The topological polar surface area (TPSA) is 276 Å². The molecule has 1 aliphatic carbocycles. The molecular formula is C39H42N6O11S2. The average Bonchev–Trinajstić information content (AvgIpc) is 3.52. The fourth-order valence-corrected chi connectivity index (χ4v) is 8.50. The van der Waals surface area contributed by atoms with E-state index in [2.05, 4.69) is 38.9 Å². The van der Waals surface area contributed by atoms with Crippen LogP contribution in [0.15, 0.2) is 87.0 Å². The van der Waals surface area contributed by atoms with Crippen molar-refractivity contribution < 1.29 is 49.9 Å². The van der Waals surface area contributed by atoms with E-state index in [1.165, 1.54) is 24.3 Å². The van der Waals surface area contributed by atoms with Crippen molar-refractivity contribution in [3.63, 3.8) is 0 Å². The summed E-state index contributed by atoms with van der Waals surface area (Å²) in [6, 6.07) is 18.8. The van der Waals surface area contributed by atoms with Crippen LogP contribution < -0.4 is 27.2 Å². The number of hydroxylamine groups is 1. The third-order valence-electron chi connectivity index (χ3n) is 9.61. The van der Waals surface area contributed by atoms with Gasteiger partial charge in [-0.05, 0) is 91.8 Å². The molecule has 0 radical (unpaired) electrons. The van der Waals surface area contributed by atoms with E-state index in [1.54, 1.807) is 7.05 Å². The summed E-state index contributed by atoms with van der Waals surface area (Å²) < 4.78 is 77.8. The fraction of sp³-hybridized carbons (Fsp3) is 0.256. The van der Waals surface area contributed by atoms with Crippen molar-refractivity contribution in [3.8, 4) is 22.5 Å². The molecule has 1 aliphatic heterocycles. The van der Waals surface area contributed by atoms with E-state index in [-0.39, 0.29) is 27.6 Å². The highest BCUT2D eigenvalue weighted by Gasteiger charge is 2.32. The predicted molar refractivity (Wildman–Crippen MR) is 215 cm³/mol. The highest BCUT2D eigenvalue weighted by Crippen LogP contribution is 2.45. The molecule has 0 bridgehead atoms. The molecule has 0 spiro atoms. The van der Waals surface area contributed by atoms with E-state index in [4.69, 9.17) is 20.4 Å². The lowest BCUT2D eigenvalue weighted by Crippen LogP contribution is -2.25. The second kappa shape index (κ2) is 17.4. The Kier molecular flexibility index (Phi) is 12.6. The van der Waals surface area contributed by atoms with Crippen molar-refractivity contribution in [2.45, 2.75) is 48.6 Å². The van der Waals surface area contributed by atoms with Crippen LogP contribution in [-0.2, 0) is 38.2 Å². The number of carbonyl (C=O) groups is 2. The predicted octanol–water partition coefficient (Wildman–Crippen LogP) is 4.64. The van der Waals surface area contributed by atoms with Crippen LogP contribution in [0.1, 0.15) is 52.1 Å². The number of nitrogen functional groups attached to an aromatic ring is 1. The molecule has 0 atom stereocenters.